The molecule has 2 aromatic rings. The van der Waals surface area contributed by atoms with Crippen molar-refractivity contribution in [2.75, 3.05) is 7.11 Å². The van der Waals surface area contributed by atoms with E-state index in [9.17, 15) is 4.79 Å². The molecule has 0 aliphatic carbocycles. The Hall–Kier alpha value is -2.13. The number of carbonyl (C=O) groups excluding carboxylic acids is 1. The van der Waals surface area contributed by atoms with Gasteiger partial charge in [-0.05, 0) is 30.2 Å². The number of methoxy groups -OCH3 is 1. The summed E-state index contributed by atoms with van der Waals surface area (Å²) < 4.78 is 11.2. The average molecular weight is 298 g/mol. The van der Waals surface area contributed by atoms with Crippen LogP contribution in [-0.4, -0.2) is 19.0 Å². The molecule has 1 atom stereocenters. The highest BCUT2D eigenvalue weighted by Gasteiger charge is 2.25. The zero-order valence-electron chi connectivity index (χ0n) is 13.1. The number of hydrogen-bond donors (Lipinski definition) is 0. The van der Waals surface area contributed by atoms with Gasteiger partial charge >= 0.3 is 0 Å². The van der Waals surface area contributed by atoms with Gasteiger partial charge in [-0.25, -0.2) is 0 Å². The van der Waals surface area contributed by atoms with E-state index in [2.05, 4.69) is 0 Å². The number of hydrogen-bond acceptors (Lipinski definition) is 3. The Kier molecular flexibility index (Phi) is 5.73. The molecule has 0 radical (unpaired) electrons. The van der Waals surface area contributed by atoms with Crippen LogP contribution in [0.15, 0.2) is 54.6 Å². The number of ether oxygens (including phenoxy) is 2. The fourth-order valence-corrected chi connectivity index (χ4v) is 2.37. The second-order valence-corrected chi connectivity index (χ2v) is 5.62. The Morgan fingerprint density at radius 3 is 2.27 bits per heavy atom. The first-order valence-electron chi connectivity index (χ1n) is 7.40. The monoisotopic (exact) mass is 298 g/mol. The maximum atomic E-state index is 11.0. The third-order valence-electron chi connectivity index (χ3n) is 3.68. The van der Waals surface area contributed by atoms with Gasteiger partial charge in [-0.2, -0.15) is 0 Å². The van der Waals surface area contributed by atoms with Gasteiger partial charge in [0.25, 0.3) is 0 Å². The lowest BCUT2D eigenvalue weighted by Gasteiger charge is -2.28. The van der Waals surface area contributed by atoms with Gasteiger partial charge in [0, 0.05) is 12.8 Å². The minimum Gasteiger partial charge on any atom is -0.497 e. The van der Waals surface area contributed by atoms with E-state index in [4.69, 9.17) is 9.47 Å². The van der Waals surface area contributed by atoms with Crippen molar-refractivity contribution in [3.8, 4) is 5.75 Å². The lowest BCUT2D eigenvalue weighted by molar-refractivity contribution is -0.115. The summed E-state index contributed by atoms with van der Waals surface area (Å²) in [5, 5.41) is 0. The molecule has 0 aliphatic heterocycles. The van der Waals surface area contributed by atoms with Crippen LogP contribution in [0, 0.1) is 0 Å². The predicted molar refractivity (Wildman–Crippen MR) is 87.0 cm³/mol. The van der Waals surface area contributed by atoms with E-state index in [0.29, 0.717) is 19.4 Å². The Bertz CT molecular complexity index is 577. The molecule has 0 N–H and O–H groups in total. The molecule has 0 spiro atoms. The molecule has 0 saturated carbocycles. The van der Waals surface area contributed by atoms with Gasteiger partial charge in [-0.15, -0.1) is 0 Å². The summed E-state index contributed by atoms with van der Waals surface area (Å²) in [6.45, 7) is 2.48. The summed E-state index contributed by atoms with van der Waals surface area (Å²) >= 11 is 0. The summed E-state index contributed by atoms with van der Waals surface area (Å²) in [5.41, 5.74) is 1.72. The molecule has 1 unspecified atom stereocenters. The van der Waals surface area contributed by atoms with Crippen molar-refractivity contribution < 1.29 is 14.3 Å². The van der Waals surface area contributed by atoms with Crippen LogP contribution < -0.4 is 4.74 Å². The fourth-order valence-electron chi connectivity index (χ4n) is 2.37. The first-order valence-corrected chi connectivity index (χ1v) is 7.40. The molecule has 0 bridgehead atoms. The second-order valence-electron chi connectivity index (χ2n) is 5.62. The molecule has 0 fully saturated rings. The molecule has 3 nitrogen and oxygen atoms in total. The molecule has 3 heteroatoms. The first-order chi connectivity index (χ1) is 10.6. The van der Waals surface area contributed by atoms with Gasteiger partial charge in [-0.3, -0.25) is 0 Å². The number of carbonyl (C=O) groups is 1. The van der Waals surface area contributed by atoms with Crippen LogP contribution in [0.3, 0.4) is 0 Å². The molecule has 0 amide bonds. The quantitative estimate of drug-likeness (QED) is 0.695. The van der Waals surface area contributed by atoms with Crippen LogP contribution in [0.4, 0.5) is 0 Å². The van der Waals surface area contributed by atoms with E-state index < -0.39 is 5.60 Å². The Labute approximate surface area is 131 Å². The van der Waals surface area contributed by atoms with Crippen LogP contribution >= 0.6 is 0 Å². The van der Waals surface area contributed by atoms with E-state index in [-0.39, 0.29) is 0 Å². The van der Waals surface area contributed by atoms with E-state index >= 15 is 0 Å². The zero-order chi connectivity index (χ0) is 15.8. The SMILES string of the molecule is COc1ccc(CC(C)(CC=O)OCc2ccccc2)cc1. The standard InChI is InChI=1S/C19H22O3/c1-19(12-13-20,22-15-17-6-4-3-5-7-17)14-16-8-10-18(21-2)11-9-16/h3-11,13H,12,14-15H2,1-2H3. The highest BCUT2D eigenvalue weighted by atomic mass is 16.5. The van der Waals surface area contributed by atoms with Crippen molar-refractivity contribution in [1.82, 2.24) is 0 Å². The van der Waals surface area contributed by atoms with Crippen molar-refractivity contribution in [3.05, 3.63) is 65.7 Å². The van der Waals surface area contributed by atoms with Crippen LogP contribution in [0.5, 0.6) is 5.75 Å². The highest BCUT2D eigenvalue weighted by Crippen LogP contribution is 2.24. The van der Waals surface area contributed by atoms with Crippen molar-refractivity contribution in [1.29, 1.82) is 0 Å². The molecular weight excluding hydrogens is 276 g/mol. The molecule has 0 heterocycles. The molecular formula is C19H22O3. The highest BCUT2D eigenvalue weighted by molar-refractivity contribution is 5.51. The van der Waals surface area contributed by atoms with Crippen molar-refractivity contribution in [3.63, 3.8) is 0 Å². The normalized spacial score (nSPS) is 13.4. The Morgan fingerprint density at radius 1 is 1.00 bits per heavy atom. The van der Waals surface area contributed by atoms with Gasteiger partial charge in [0.2, 0.25) is 0 Å². The van der Waals surface area contributed by atoms with E-state index in [1.807, 2.05) is 61.5 Å². The summed E-state index contributed by atoms with van der Waals surface area (Å²) in [5.74, 6) is 0.825. The lowest BCUT2D eigenvalue weighted by atomic mass is 9.93. The third kappa shape index (κ3) is 4.71. The third-order valence-corrected chi connectivity index (χ3v) is 3.68. The average Bonchev–Trinajstić information content (AvgIpc) is 2.55. The first kappa shape index (κ1) is 16.2. The van der Waals surface area contributed by atoms with Gasteiger partial charge in [0.15, 0.2) is 0 Å². The summed E-state index contributed by atoms with van der Waals surface area (Å²) in [6, 6.07) is 17.9. The van der Waals surface area contributed by atoms with Gasteiger partial charge < -0.3 is 14.3 Å². The minimum atomic E-state index is -0.508. The topological polar surface area (TPSA) is 35.5 Å². The van der Waals surface area contributed by atoms with E-state index in [1.165, 1.54) is 0 Å². The molecule has 0 saturated heterocycles. The maximum Gasteiger partial charge on any atom is 0.122 e. The van der Waals surface area contributed by atoms with Crippen molar-refractivity contribution in [2.45, 2.75) is 32.0 Å². The molecule has 22 heavy (non-hydrogen) atoms. The van der Waals surface area contributed by atoms with Crippen LogP contribution in [-0.2, 0) is 22.6 Å². The second kappa shape index (κ2) is 7.76. The van der Waals surface area contributed by atoms with Crippen molar-refractivity contribution >= 4 is 6.29 Å². The van der Waals surface area contributed by atoms with Crippen LogP contribution in [0.1, 0.15) is 24.5 Å². The number of rotatable bonds is 8. The van der Waals surface area contributed by atoms with Gasteiger partial charge in [-0.1, -0.05) is 42.5 Å². The van der Waals surface area contributed by atoms with Crippen LogP contribution in [0.25, 0.3) is 0 Å². The maximum absolute atomic E-state index is 11.0. The predicted octanol–water partition coefficient (Wildman–Crippen LogP) is 3.80. The lowest BCUT2D eigenvalue weighted by Crippen LogP contribution is -2.32. The number of benzene rings is 2. The van der Waals surface area contributed by atoms with Crippen LogP contribution in [0.2, 0.25) is 0 Å². The van der Waals surface area contributed by atoms with Crippen molar-refractivity contribution in [2.24, 2.45) is 0 Å². The molecule has 0 aromatic heterocycles. The molecule has 2 aromatic carbocycles. The smallest absolute Gasteiger partial charge is 0.122 e. The number of aldehydes is 1. The summed E-state index contributed by atoms with van der Waals surface area (Å²) in [6.07, 6.45) is 1.98. The van der Waals surface area contributed by atoms with E-state index in [0.717, 1.165) is 23.2 Å². The fraction of sp³-hybridized carbons (Fsp3) is 0.316. The largest absolute Gasteiger partial charge is 0.497 e. The van der Waals surface area contributed by atoms with E-state index in [1.54, 1.807) is 7.11 Å². The molecule has 116 valence electrons. The Balaban J connectivity index is 2.04. The molecule has 2 rings (SSSR count). The zero-order valence-corrected chi connectivity index (χ0v) is 13.1. The summed E-state index contributed by atoms with van der Waals surface area (Å²) in [7, 11) is 1.65. The minimum absolute atomic E-state index is 0.367. The van der Waals surface area contributed by atoms with Gasteiger partial charge in [0.1, 0.15) is 12.0 Å². The Morgan fingerprint density at radius 2 is 1.68 bits per heavy atom. The molecule has 0 aliphatic rings. The van der Waals surface area contributed by atoms with Gasteiger partial charge in [0.05, 0.1) is 19.3 Å². The summed E-state index contributed by atoms with van der Waals surface area (Å²) in [4.78, 5) is 11.0.